The van der Waals surface area contributed by atoms with Crippen LogP contribution in [0.4, 0.5) is 0 Å². The number of ether oxygens (including phenoxy) is 1. The van der Waals surface area contributed by atoms with E-state index in [4.69, 9.17) is 16.3 Å². The van der Waals surface area contributed by atoms with E-state index < -0.39 is 0 Å². The van der Waals surface area contributed by atoms with Gasteiger partial charge < -0.3 is 14.7 Å². The summed E-state index contributed by atoms with van der Waals surface area (Å²) in [4.78, 5) is 14.1. The van der Waals surface area contributed by atoms with Gasteiger partial charge in [0, 0.05) is 19.0 Å². The molecule has 114 valence electrons. The first-order chi connectivity index (χ1) is 10.1. The highest BCUT2D eigenvalue weighted by Gasteiger charge is 2.43. The van der Waals surface area contributed by atoms with Crippen molar-refractivity contribution in [3.63, 3.8) is 0 Å². The van der Waals surface area contributed by atoms with Crippen molar-refractivity contribution in [2.75, 3.05) is 19.7 Å². The quantitative estimate of drug-likeness (QED) is 0.929. The van der Waals surface area contributed by atoms with Crippen LogP contribution in [0.25, 0.3) is 0 Å². The Bertz CT molecular complexity index is 522. The van der Waals surface area contributed by atoms with Crippen molar-refractivity contribution < 1.29 is 14.6 Å². The van der Waals surface area contributed by atoms with E-state index in [2.05, 4.69) is 0 Å². The number of amides is 1. The molecular formula is C16H20ClNO3. The molecule has 1 aromatic rings. The average molecular weight is 310 g/mol. The Morgan fingerprint density at radius 2 is 2.14 bits per heavy atom. The van der Waals surface area contributed by atoms with E-state index in [0.717, 1.165) is 19.4 Å². The second kappa shape index (κ2) is 6.24. The zero-order chi connectivity index (χ0) is 14.8. The third kappa shape index (κ3) is 3.16. The van der Waals surface area contributed by atoms with Gasteiger partial charge in [-0.05, 0) is 30.9 Å². The molecule has 3 unspecified atom stereocenters. The van der Waals surface area contributed by atoms with Crippen molar-refractivity contribution in [3.8, 4) is 5.75 Å². The number of carbonyl (C=O) groups excluding carboxylic acids is 1. The maximum atomic E-state index is 12.2. The third-order valence-corrected chi connectivity index (χ3v) is 4.89. The number of rotatable bonds is 4. The van der Waals surface area contributed by atoms with Gasteiger partial charge in [-0.3, -0.25) is 4.79 Å². The molecule has 1 N–H and O–H groups in total. The van der Waals surface area contributed by atoms with Crippen LogP contribution < -0.4 is 4.74 Å². The number of nitrogens with zero attached hydrogens (tertiary/aromatic N) is 1. The summed E-state index contributed by atoms with van der Waals surface area (Å²) in [5, 5.41) is 10.4. The zero-order valence-electron chi connectivity index (χ0n) is 11.9. The van der Waals surface area contributed by atoms with Crippen LogP contribution in [-0.2, 0) is 4.79 Å². The van der Waals surface area contributed by atoms with Gasteiger partial charge in [-0.1, -0.05) is 23.7 Å². The monoisotopic (exact) mass is 309 g/mol. The van der Waals surface area contributed by atoms with Gasteiger partial charge in [0.15, 0.2) is 0 Å². The van der Waals surface area contributed by atoms with E-state index in [9.17, 15) is 9.90 Å². The highest BCUT2D eigenvalue weighted by molar-refractivity contribution is 6.32. The van der Waals surface area contributed by atoms with Crippen molar-refractivity contribution in [1.29, 1.82) is 0 Å². The van der Waals surface area contributed by atoms with E-state index >= 15 is 0 Å². The van der Waals surface area contributed by atoms with Gasteiger partial charge in [0.25, 0.3) is 0 Å². The molecule has 5 heteroatoms. The van der Waals surface area contributed by atoms with Crippen LogP contribution in [0.5, 0.6) is 5.75 Å². The van der Waals surface area contributed by atoms with Crippen molar-refractivity contribution in [3.05, 3.63) is 29.3 Å². The second-order valence-electron chi connectivity index (χ2n) is 5.90. The summed E-state index contributed by atoms with van der Waals surface area (Å²) in [7, 11) is 0. The predicted molar refractivity (Wildman–Crippen MR) is 80.4 cm³/mol. The van der Waals surface area contributed by atoms with Crippen LogP contribution in [0.1, 0.15) is 19.3 Å². The number of fused-ring (bicyclic) bond motifs is 1. The number of benzene rings is 1. The first-order valence-electron chi connectivity index (χ1n) is 7.48. The van der Waals surface area contributed by atoms with Crippen molar-refractivity contribution >= 4 is 17.5 Å². The molecular weight excluding hydrogens is 290 g/mol. The standard InChI is InChI=1S/C16H20ClNO3/c17-13-3-1-2-4-15(13)21-8-7-16(20)18-9-11-5-6-14(19)12(11)10-18/h1-4,11-12,14,19H,5-10H2. The van der Waals surface area contributed by atoms with Crippen LogP contribution in [0.15, 0.2) is 24.3 Å². The fourth-order valence-electron chi connectivity index (χ4n) is 3.41. The minimum atomic E-state index is -0.229. The summed E-state index contributed by atoms with van der Waals surface area (Å²) < 4.78 is 5.55. The van der Waals surface area contributed by atoms with Crippen LogP contribution in [0.2, 0.25) is 5.02 Å². The molecule has 1 heterocycles. The van der Waals surface area contributed by atoms with Gasteiger partial charge in [-0.15, -0.1) is 0 Å². The molecule has 4 nitrogen and oxygen atoms in total. The summed E-state index contributed by atoms with van der Waals surface area (Å²) in [6.45, 7) is 1.81. The van der Waals surface area contributed by atoms with Crippen molar-refractivity contribution in [2.45, 2.75) is 25.4 Å². The normalized spacial score (nSPS) is 27.7. The molecule has 1 amide bonds. The molecule has 2 fully saturated rings. The number of hydrogen-bond acceptors (Lipinski definition) is 3. The zero-order valence-corrected chi connectivity index (χ0v) is 12.6. The van der Waals surface area contributed by atoms with Gasteiger partial charge in [0.05, 0.1) is 24.2 Å². The van der Waals surface area contributed by atoms with Crippen molar-refractivity contribution in [1.82, 2.24) is 4.90 Å². The fraction of sp³-hybridized carbons (Fsp3) is 0.562. The first kappa shape index (κ1) is 14.7. The van der Waals surface area contributed by atoms with E-state index in [1.165, 1.54) is 0 Å². The van der Waals surface area contributed by atoms with E-state index in [1.54, 1.807) is 12.1 Å². The second-order valence-corrected chi connectivity index (χ2v) is 6.30. The fourth-order valence-corrected chi connectivity index (χ4v) is 3.60. The molecule has 3 rings (SSSR count). The molecule has 1 saturated heterocycles. The maximum Gasteiger partial charge on any atom is 0.226 e. The lowest BCUT2D eigenvalue weighted by atomic mass is 10.00. The van der Waals surface area contributed by atoms with E-state index in [1.807, 2.05) is 17.0 Å². The largest absolute Gasteiger partial charge is 0.491 e. The van der Waals surface area contributed by atoms with Crippen molar-refractivity contribution in [2.24, 2.45) is 11.8 Å². The highest BCUT2D eigenvalue weighted by atomic mass is 35.5. The highest BCUT2D eigenvalue weighted by Crippen LogP contribution is 2.38. The van der Waals surface area contributed by atoms with Crippen LogP contribution >= 0.6 is 11.6 Å². The summed E-state index contributed by atoms with van der Waals surface area (Å²) in [6, 6.07) is 7.26. The Morgan fingerprint density at radius 1 is 1.33 bits per heavy atom. The molecule has 1 aliphatic carbocycles. The SMILES string of the molecule is O=C(CCOc1ccccc1Cl)N1CC2CCC(O)C2C1. The lowest BCUT2D eigenvalue weighted by molar-refractivity contribution is -0.131. The molecule has 2 aliphatic rings. The Morgan fingerprint density at radius 3 is 2.90 bits per heavy atom. The number of halogens is 1. The summed E-state index contributed by atoms with van der Waals surface area (Å²) in [6.07, 6.45) is 2.03. The number of hydrogen-bond donors (Lipinski definition) is 1. The first-order valence-corrected chi connectivity index (χ1v) is 7.86. The number of carbonyl (C=O) groups is 1. The number of likely N-dealkylation sites (tertiary alicyclic amines) is 1. The van der Waals surface area contributed by atoms with Crippen LogP contribution in [0, 0.1) is 11.8 Å². The molecule has 0 bridgehead atoms. The molecule has 3 atom stereocenters. The minimum absolute atomic E-state index is 0.101. The van der Waals surface area contributed by atoms with Gasteiger partial charge in [-0.2, -0.15) is 0 Å². The Hall–Kier alpha value is -1.26. The summed E-state index contributed by atoms with van der Waals surface area (Å²) in [5.74, 6) is 1.47. The Labute approximate surface area is 129 Å². The molecule has 21 heavy (non-hydrogen) atoms. The van der Waals surface area contributed by atoms with Gasteiger partial charge >= 0.3 is 0 Å². The molecule has 0 aromatic heterocycles. The molecule has 0 spiro atoms. The van der Waals surface area contributed by atoms with Gasteiger partial charge in [-0.25, -0.2) is 0 Å². The minimum Gasteiger partial charge on any atom is -0.491 e. The summed E-state index contributed by atoms with van der Waals surface area (Å²) >= 11 is 6.00. The number of aliphatic hydroxyl groups excluding tert-OH is 1. The van der Waals surface area contributed by atoms with Gasteiger partial charge in [0.1, 0.15) is 5.75 Å². The smallest absolute Gasteiger partial charge is 0.226 e. The molecule has 1 aromatic carbocycles. The average Bonchev–Trinajstić information content (AvgIpc) is 3.04. The Balaban J connectivity index is 1.46. The molecule has 1 aliphatic heterocycles. The van der Waals surface area contributed by atoms with Gasteiger partial charge in [0.2, 0.25) is 5.91 Å². The lowest BCUT2D eigenvalue weighted by Gasteiger charge is -2.18. The van der Waals surface area contributed by atoms with Crippen LogP contribution in [-0.4, -0.2) is 41.7 Å². The van der Waals surface area contributed by atoms with E-state index in [0.29, 0.717) is 36.3 Å². The van der Waals surface area contributed by atoms with E-state index in [-0.39, 0.29) is 17.9 Å². The summed E-state index contributed by atoms with van der Waals surface area (Å²) in [5.41, 5.74) is 0. The molecule has 1 saturated carbocycles. The lowest BCUT2D eigenvalue weighted by Crippen LogP contribution is -2.31. The topological polar surface area (TPSA) is 49.8 Å². The maximum absolute atomic E-state index is 12.2. The van der Waals surface area contributed by atoms with Crippen LogP contribution in [0.3, 0.4) is 0 Å². The number of aliphatic hydroxyl groups is 1. The molecule has 0 radical (unpaired) electrons. The Kier molecular flexibility index (Phi) is 4.36. The third-order valence-electron chi connectivity index (χ3n) is 4.58. The predicted octanol–water partition coefficient (Wildman–Crippen LogP) is 2.34. The number of para-hydroxylation sites is 1.